The van der Waals surface area contributed by atoms with Crippen LogP contribution in [0.5, 0.6) is 0 Å². The van der Waals surface area contributed by atoms with E-state index in [1.165, 1.54) is 0 Å². The first-order valence-electron chi connectivity index (χ1n) is 5.78. The number of aromatic nitrogens is 2. The lowest BCUT2D eigenvalue weighted by Gasteiger charge is -1.88. The van der Waals surface area contributed by atoms with Gasteiger partial charge in [-0.2, -0.15) is 0 Å². The van der Waals surface area contributed by atoms with Crippen LogP contribution in [0.15, 0.2) is 47.0 Å². The van der Waals surface area contributed by atoms with Gasteiger partial charge in [0.25, 0.3) is 0 Å². The summed E-state index contributed by atoms with van der Waals surface area (Å²) in [6.07, 6.45) is 5.56. The van der Waals surface area contributed by atoms with Gasteiger partial charge in [-0.15, -0.1) is 0 Å². The Labute approximate surface area is 105 Å². The molecule has 0 atom stereocenters. The van der Waals surface area contributed by atoms with Gasteiger partial charge in [0.15, 0.2) is 0 Å². The minimum Gasteiger partial charge on any atom is -0.418 e. The number of hydrogen-bond acceptors (Lipinski definition) is 3. The smallest absolute Gasteiger partial charge is 0.247 e. The van der Waals surface area contributed by atoms with Crippen molar-refractivity contribution in [2.75, 3.05) is 0 Å². The first-order chi connectivity index (χ1) is 8.83. The van der Waals surface area contributed by atoms with Crippen LogP contribution < -0.4 is 0 Å². The van der Waals surface area contributed by atoms with Crippen molar-refractivity contribution in [2.24, 2.45) is 0 Å². The molecule has 0 spiro atoms. The van der Waals surface area contributed by atoms with Gasteiger partial charge >= 0.3 is 0 Å². The highest BCUT2D eigenvalue weighted by Crippen LogP contribution is 2.17. The summed E-state index contributed by atoms with van der Waals surface area (Å²) < 4.78 is 5.56. The Morgan fingerprint density at radius 2 is 1.89 bits per heavy atom. The molecule has 0 unspecified atom stereocenters. The first-order valence-corrected chi connectivity index (χ1v) is 5.78. The van der Waals surface area contributed by atoms with Gasteiger partial charge in [0.05, 0.1) is 0 Å². The third kappa shape index (κ3) is 2.02. The Kier molecular flexibility index (Phi) is 2.65. The number of hydrogen-bond donors (Lipinski definition) is 0. The van der Waals surface area contributed by atoms with Crippen LogP contribution in [0.2, 0.25) is 0 Å². The molecule has 2 aromatic heterocycles. The molecule has 0 fully saturated rings. The predicted molar refractivity (Wildman–Crippen MR) is 71.9 cm³/mol. The van der Waals surface area contributed by atoms with E-state index in [9.17, 15) is 0 Å². The van der Waals surface area contributed by atoms with Crippen LogP contribution in [0.4, 0.5) is 0 Å². The molecule has 2 heterocycles. The molecule has 88 valence electrons. The Morgan fingerprint density at radius 3 is 2.67 bits per heavy atom. The molecule has 0 saturated carbocycles. The van der Waals surface area contributed by atoms with Crippen LogP contribution >= 0.6 is 0 Å². The van der Waals surface area contributed by atoms with Gasteiger partial charge in [-0.3, -0.25) is 0 Å². The maximum Gasteiger partial charge on any atom is 0.247 e. The maximum atomic E-state index is 5.56. The molecule has 0 N–H and O–H groups in total. The largest absolute Gasteiger partial charge is 0.418 e. The Hall–Kier alpha value is -2.42. The summed E-state index contributed by atoms with van der Waals surface area (Å²) in [5.74, 6) is 0.579. The van der Waals surface area contributed by atoms with Crippen LogP contribution in [-0.2, 0) is 0 Å². The predicted octanol–water partition coefficient (Wildman–Crippen LogP) is 3.70. The summed E-state index contributed by atoms with van der Waals surface area (Å²) in [7, 11) is 0. The zero-order valence-electron chi connectivity index (χ0n) is 10.00. The van der Waals surface area contributed by atoms with E-state index in [1.54, 1.807) is 6.20 Å². The molecule has 0 saturated heterocycles. The minimum absolute atomic E-state index is 0.579. The first kappa shape index (κ1) is 10.7. The Balaban J connectivity index is 1.96. The highest BCUT2D eigenvalue weighted by atomic mass is 16.4. The number of benzene rings is 1. The SMILES string of the molecule is Cc1ccnc2oc(/C=C/c3ccccc3)nc12. The van der Waals surface area contributed by atoms with Crippen LogP contribution in [-0.4, -0.2) is 9.97 Å². The minimum atomic E-state index is 0.579. The number of rotatable bonds is 2. The fourth-order valence-corrected chi connectivity index (χ4v) is 1.77. The summed E-state index contributed by atoms with van der Waals surface area (Å²) in [6.45, 7) is 2.00. The zero-order chi connectivity index (χ0) is 12.4. The normalized spacial score (nSPS) is 11.4. The number of fused-ring (bicyclic) bond motifs is 1. The van der Waals surface area contributed by atoms with Crippen molar-refractivity contribution in [3.8, 4) is 0 Å². The lowest BCUT2D eigenvalue weighted by Crippen LogP contribution is -1.78. The van der Waals surface area contributed by atoms with Gasteiger partial charge in [-0.25, -0.2) is 9.97 Å². The second-order valence-corrected chi connectivity index (χ2v) is 4.08. The van der Waals surface area contributed by atoms with E-state index in [0.29, 0.717) is 11.6 Å². The lowest BCUT2D eigenvalue weighted by molar-refractivity contribution is 0.579. The highest BCUT2D eigenvalue weighted by molar-refractivity contribution is 5.75. The molecule has 0 aliphatic rings. The van der Waals surface area contributed by atoms with Crippen LogP contribution in [0.1, 0.15) is 17.0 Å². The fourth-order valence-electron chi connectivity index (χ4n) is 1.77. The number of oxazole rings is 1. The molecule has 3 rings (SSSR count). The average molecular weight is 236 g/mol. The van der Waals surface area contributed by atoms with Crippen molar-refractivity contribution in [1.82, 2.24) is 9.97 Å². The monoisotopic (exact) mass is 236 g/mol. The lowest BCUT2D eigenvalue weighted by atomic mass is 10.2. The molecule has 0 radical (unpaired) electrons. The molecule has 3 nitrogen and oxygen atoms in total. The van der Waals surface area contributed by atoms with Gasteiger partial charge in [0, 0.05) is 12.3 Å². The van der Waals surface area contributed by atoms with E-state index in [4.69, 9.17) is 4.42 Å². The van der Waals surface area contributed by atoms with E-state index in [1.807, 2.05) is 55.5 Å². The third-order valence-corrected chi connectivity index (χ3v) is 2.73. The topological polar surface area (TPSA) is 38.9 Å². The third-order valence-electron chi connectivity index (χ3n) is 2.73. The second kappa shape index (κ2) is 4.45. The van der Waals surface area contributed by atoms with Crippen LogP contribution in [0.25, 0.3) is 23.4 Å². The van der Waals surface area contributed by atoms with Gasteiger partial charge in [0.1, 0.15) is 5.52 Å². The maximum absolute atomic E-state index is 5.56. The van der Waals surface area contributed by atoms with Crippen molar-refractivity contribution in [3.63, 3.8) is 0 Å². The molecular formula is C15H12N2O. The summed E-state index contributed by atoms with van der Waals surface area (Å²) >= 11 is 0. The number of pyridine rings is 1. The Bertz CT molecular complexity index is 699. The van der Waals surface area contributed by atoms with E-state index in [-0.39, 0.29) is 0 Å². The molecule has 0 aliphatic heterocycles. The van der Waals surface area contributed by atoms with Crippen LogP contribution in [0.3, 0.4) is 0 Å². The van der Waals surface area contributed by atoms with Crippen molar-refractivity contribution in [1.29, 1.82) is 0 Å². The van der Waals surface area contributed by atoms with Gasteiger partial charge in [0.2, 0.25) is 11.6 Å². The summed E-state index contributed by atoms with van der Waals surface area (Å²) in [4.78, 5) is 8.57. The highest BCUT2D eigenvalue weighted by Gasteiger charge is 2.05. The molecular weight excluding hydrogens is 224 g/mol. The van der Waals surface area contributed by atoms with Crippen molar-refractivity contribution in [3.05, 3.63) is 59.6 Å². The molecule has 3 aromatic rings. The molecule has 1 aromatic carbocycles. The van der Waals surface area contributed by atoms with Crippen molar-refractivity contribution < 1.29 is 4.42 Å². The molecule has 18 heavy (non-hydrogen) atoms. The van der Waals surface area contributed by atoms with E-state index in [0.717, 1.165) is 16.6 Å². The zero-order valence-corrected chi connectivity index (χ0v) is 10.00. The standard InChI is InChI=1S/C15H12N2O/c1-11-9-10-16-15-14(11)17-13(18-15)8-7-12-5-3-2-4-6-12/h2-10H,1H3/b8-7+. The van der Waals surface area contributed by atoms with E-state index < -0.39 is 0 Å². The summed E-state index contributed by atoms with van der Waals surface area (Å²) in [5, 5.41) is 0. The molecule has 0 bridgehead atoms. The summed E-state index contributed by atoms with van der Waals surface area (Å²) in [5.41, 5.74) is 3.60. The molecule has 0 amide bonds. The van der Waals surface area contributed by atoms with Crippen molar-refractivity contribution in [2.45, 2.75) is 6.92 Å². The van der Waals surface area contributed by atoms with E-state index >= 15 is 0 Å². The van der Waals surface area contributed by atoms with Crippen LogP contribution in [0, 0.1) is 6.92 Å². The van der Waals surface area contributed by atoms with E-state index in [2.05, 4.69) is 9.97 Å². The number of nitrogens with zero attached hydrogens (tertiary/aromatic N) is 2. The molecule has 0 aliphatic carbocycles. The van der Waals surface area contributed by atoms with Crippen molar-refractivity contribution >= 4 is 23.4 Å². The van der Waals surface area contributed by atoms with Gasteiger partial charge in [-0.1, -0.05) is 30.3 Å². The van der Waals surface area contributed by atoms with Gasteiger partial charge < -0.3 is 4.42 Å². The summed E-state index contributed by atoms with van der Waals surface area (Å²) in [6, 6.07) is 12.0. The number of aryl methyl sites for hydroxylation is 1. The van der Waals surface area contributed by atoms with Gasteiger partial charge in [-0.05, 0) is 30.2 Å². The second-order valence-electron chi connectivity index (χ2n) is 4.08. The Morgan fingerprint density at radius 1 is 1.06 bits per heavy atom. The average Bonchev–Trinajstić information content (AvgIpc) is 2.82. The fraction of sp³-hybridized carbons (Fsp3) is 0.0667. The quantitative estimate of drug-likeness (QED) is 0.681. The molecule has 3 heteroatoms.